The summed E-state index contributed by atoms with van der Waals surface area (Å²) in [6.45, 7) is 7.78. The van der Waals surface area contributed by atoms with Crippen LogP contribution in [0.4, 0.5) is 0 Å². The monoisotopic (exact) mass is 198 g/mol. The molecule has 4 nitrogen and oxygen atoms in total. The molecular weight excluding hydrogens is 184 g/mol. The second kappa shape index (κ2) is 5.32. The number of carbonyl (C=O) groups is 3. The first-order valence-corrected chi connectivity index (χ1v) is 4.33. The van der Waals surface area contributed by atoms with Crippen molar-refractivity contribution in [3.05, 3.63) is 12.2 Å². The van der Waals surface area contributed by atoms with Gasteiger partial charge in [0.05, 0.1) is 0 Å². The maximum absolute atomic E-state index is 11.2. The number of esters is 1. The van der Waals surface area contributed by atoms with Crippen molar-refractivity contribution in [3.8, 4) is 0 Å². The Morgan fingerprint density at radius 3 is 2.21 bits per heavy atom. The third-order valence-electron chi connectivity index (χ3n) is 1.60. The molecule has 14 heavy (non-hydrogen) atoms. The van der Waals surface area contributed by atoms with E-state index in [9.17, 15) is 14.4 Å². The van der Waals surface area contributed by atoms with Crippen molar-refractivity contribution in [2.45, 2.75) is 33.3 Å². The van der Waals surface area contributed by atoms with Crippen molar-refractivity contribution in [2.75, 3.05) is 0 Å². The summed E-state index contributed by atoms with van der Waals surface area (Å²) in [5.41, 5.74) is 0.202. The molecule has 0 fully saturated rings. The number of Topliss-reactive ketones (excluding diaryl/α,β-unsaturated/α-hetero) is 2. The third-order valence-corrected chi connectivity index (χ3v) is 1.60. The lowest BCUT2D eigenvalue weighted by molar-refractivity contribution is -0.153. The van der Waals surface area contributed by atoms with Gasteiger partial charge in [-0.3, -0.25) is 9.59 Å². The first kappa shape index (κ1) is 12.6. The minimum atomic E-state index is -1.02. The van der Waals surface area contributed by atoms with Crippen LogP contribution in [0.1, 0.15) is 27.2 Å². The van der Waals surface area contributed by atoms with Crippen LogP contribution in [0.15, 0.2) is 12.2 Å². The minimum Gasteiger partial charge on any atom is -0.451 e. The summed E-state index contributed by atoms with van der Waals surface area (Å²) in [6.07, 6.45) is -0.903. The van der Waals surface area contributed by atoms with Gasteiger partial charge in [0.15, 0.2) is 6.10 Å². The number of ether oxygens (including phenoxy) is 1. The Bertz CT molecular complexity index is 278. The molecule has 4 heteroatoms. The van der Waals surface area contributed by atoms with Gasteiger partial charge in [-0.25, -0.2) is 4.79 Å². The lowest BCUT2D eigenvalue weighted by atomic mass is 10.1. The van der Waals surface area contributed by atoms with Gasteiger partial charge in [0.2, 0.25) is 11.6 Å². The molecule has 0 aromatic rings. The number of hydrogen-bond acceptors (Lipinski definition) is 4. The largest absolute Gasteiger partial charge is 0.451 e. The van der Waals surface area contributed by atoms with E-state index in [0.29, 0.717) is 0 Å². The quantitative estimate of drug-likeness (QED) is 0.376. The predicted molar refractivity (Wildman–Crippen MR) is 50.7 cm³/mol. The van der Waals surface area contributed by atoms with E-state index in [4.69, 9.17) is 0 Å². The summed E-state index contributed by atoms with van der Waals surface area (Å²) >= 11 is 0. The molecule has 0 aliphatic heterocycles. The molecule has 0 rings (SSSR count). The summed E-state index contributed by atoms with van der Waals surface area (Å²) in [5.74, 6) is -1.87. The zero-order valence-electron chi connectivity index (χ0n) is 8.62. The van der Waals surface area contributed by atoms with Gasteiger partial charge in [0.1, 0.15) is 0 Å². The van der Waals surface area contributed by atoms with Gasteiger partial charge in [0, 0.05) is 12.0 Å². The first-order chi connectivity index (χ1) is 6.40. The highest BCUT2D eigenvalue weighted by atomic mass is 16.5. The highest BCUT2D eigenvalue weighted by molar-refractivity contribution is 6.38. The Balaban J connectivity index is 4.28. The first-order valence-electron chi connectivity index (χ1n) is 4.33. The van der Waals surface area contributed by atoms with Crippen molar-refractivity contribution in [3.63, 3.8) is 0 Å². The molecule has 0 spiro atoms. The minimum absolute atomic E-state index is 0.119. The highest BCUT2D eigenvalue weighted by Crippen LogP contribution is 2.01. The van der Waals surface area contributed by atoms with E-state index in [1.807, 2.05) is 0 Å². The lowest BCUT2D eigenvalue weighted by Crippen LogP contribution is -2.30. The summed E-state index contributed by atoms with van der Waals surface area (Å²) in [7, 11) is 0. The number of hydrogen-bond donors (Lipinski definition) is 0. The maximum atomic E-state index is 11.2. The van der Waals surface area contributed by atoms with Crippen molar-refractivity contribution >= 4 is 17.5 Å². The van der Waals surface area contributed by atoms with Crippen molar-refractivity contribution < 1.29 is 19.1 Å². The fourth-order valence-electron chi connectivity index (χ4n) is 0.716. The Morgan fingerprint density at radius 1 is 1.36 bits per heavy atom. The standard InChI is InChI=1S/C10H14O4/c1-5-8(11)9(12)7(4)14-10(13)6(2)3/h7H,2,5H2,1,3-4H3. The van der Waals surface area contributed by atoms with E-state index < -0.39 is 23.6 Å². The van der Waals surface area contributed by atoms with Gasteiger partial charge < -0.3 is 4.74 Å². The topological polar surface area (TPSA) is 60.4 Å². The molecule has 0 aromatic carbocycles. The van der Waals surface area contributed by atoms with E-state index in [-0.39, 0.29) is 12.0 Å². The smallest absolute Gasteiger partial charge is 0.333 e. The van der Waals surface area contributed by atoms with E-state index in [0.717, 1.165) is 0 Å². The molecule has 0 amide bonds. The molecule has 0 radical (unpaired) electrons. The highest BCUT2D eigenvalue weighted by Gasteiger charge is 2.23. The number of rotatable bonds is 5. The average molecular weight is 198 g/mol. The molecule has 0 N–H and O–H groups in total. The zero-order valence-corrected chi connectivity index (χ0v) is 8.62. The van der Waals surface area contributed by atoms with Crippen LogP contribution in [0.3, 0.4) is 0 Å². The normalized spacial score (nSPS) is 11.6. The molecule has 0 bridgehead atoms. The molecule has 0 saturated carbocycles. The molecule has 0 aromatic heterocycles. The van der Waals surface area contributed by atoms with Gasteiger partial charge in [-0.15, -0.1) is 0 Å². The molecule has 0 saturated heterocycles. The molecule has 0 aliphatic carbocycles. The summed E-state index contributed by atoms with van der Waals surface area (Å²) in [4.78, 5) is 33.1. The molecule has 0 aliphatic rings. The Morgan fingerprint density at radius 2 is 1.86 bits per heavy atom. The molecule has 0 heterocycles. The molecular formula is C10H14O4. The van der Waals surface area contributed by atoms with E-state index >= 15 is 0 Å². The van der Waals surface area contributed by atoms with Crippen molar-refractivity contribution in [1.29, 1.82) is 0 Å². The summed E-state index contributed by atoms with van der Waals surface area (Å²) < 4.78 is 4.69. The Labute approximate surface area is 82.9 Å². The number of carbonyl (C=O) groups excluding carboxylic acids is 3. The predicted octanol–water partition coefficient (Wildman–Crippen LogP) is 1.04. The van der Waals surface area contributed by atoms with E-state index in [1.54, 1.807) is 6.92 Å². The fourth-order valence-corrected chi connectivity index (χ4v) is 0.716. The summed E-state index contributed by atoms with van der Waals surface area (Å²) in [6, 6.07) is 0. The van der Waals surface area contributed by atoms with Gasteiger partial charge >= 0.3 is 5.97 Å². The molecule has 78 valence electrons. The van der Waals surface area contributed by atoms with Crippen LogP contribution in [0.5, 0.6) is 0 Å². The lowest BCUT2D eigenvalue weighted by Gasteiger charge is -2.10. The van der Waals surface area contributed by atoms with Gasteiger partial charge in [-0.05, 0) is 13.8 Å². The van der Waals surface area contributed by atoms with Crippen LogP contribution in [-0.4, -0.2) is 23.6 Å². The Kier molecular flexibility index (Phi) is 4.77. The van der Waals surface area contributed by atoms with E-state index in [1.165, 1.54) is 13.8 Å². The second-order valence-corrected chi connectivity index (χ2v) is 2.97. The summed E-state index contributed by atoms with van der Waals surface area (Å²) in [5, 5.41) is 0. The average Bonchev–Trinajstić information content (AvgIpc) is 2.14. The van der Waals surface area contributed by atoms with Crippen LogP contribution in [0.25, 0.3) is 0 Å². The van der Waals surface area contributed by atoms with Crippen molar-refractivity contribution in [2.24, 2.45) is 0 Å². The van der Waals surface area contributed by atoms with Crippen LogP contribution < -0.4 is 0 Å². The maximum Gasteiger partial charge on any atom is 0.333 e. The van der Waals surface area contributed by atoms with Gasteiger partial charge in [-0.1, -0.05) is 13.5 Å². The fraction of sp³-hybridized carbons (Fsp3) is 0.500. The molecule has 1 atom stereocenters. The van der Waals surface area contributed by atoms with Gasteiger partial charge in [0.25, 0.3) is 0 Å². The zero-order chi connectivity index (χ0) is 11.3. The van der Waals surface area contributed by atoms with Gasteiger partial charge in [-0.2, -0.15) is 0 Å². The van der Waals surface area contributed by atoms with Crippen LogP contribution in [0.2, 0.25) is 0 Å². The van der Waals surface area contributed by atoms with Crippen LogP contribution in [-0.2, 0) is 19.1 Å². The number of ketones is 2. The second-order valence-electron chi connectivity index (χ2n) is 2.97. The Hall–Kier alpha value is -1.45. The molecule has 1 unspecified atom stereocenters. The van der Waals surface area contributed by atoms with Crippen LogP contribution in [0, 0.1) is 0 Å². The van der Waals surface area contributed by atoms with E-state index in [2.05, 4.69) is 11.3 Å². The van der Waals surface area contributed by atoms with Crippen LogP contribution >= 0.6 is 0 Å². The third kappa shape index (κ3) is 3.51. The van der Waals surface area contributed by atoms with Crippen molar-refractivity contribution in [1.82, 2.24) is 0 Å². The SMILES string of the molecule is C=C(C)C(=O)OC(C)C(=O)C(=O)CC.